The number of nitrogens with one attached hydrogen (secondary N) is 2. The molecule has 0 atom stereocenters. The van der Waals surface area contributed by atoms with E-state index in [1.807, 2.05) is 42.5 Å². The number of nitrogen functional groups attached to an aromatic ring is 1. The first-order valence-corrected chi connectivity index (χ1v) is 6.00. The van der Waals surface area contributed by atoms with E-state index in [1.54, 1.807) is 0 Å². The van der Waals surface area contributed by atoms with Crippen molar-refractivity contribution in [1.82, 2.24) is 20.2 Å². The molecule has 0 fully saturated rings. The molecular formula is C14H11N5. The molecule has 4 rings (SSSR count). The number of anilines is 1. The highest BCUT2D eigenvalue weighted by Crippen LogP contribution is 2.29. The number of imidazole rings is 1. The fourth-order valence-corrected chi connectivity index (χ4v) is 2.34. The summed E-state index contributed by atoms with van der Waals surface area (Å²) in [6, 6.07) is 13.6. The third kappa shape index (κ3) is 1.41. The quantitative estimate of drug-likeness (QED) is 0.453. The molecule has 4 N–H and O–H groups in total. The van der Waals surface area contributed by atoms with Gasteiger partial charge in [0, 0.05) is 5.69 Å². The van der Waals surface area contributed by atoms with Crippen LogP contribution in [0.4, 0.5) is 5.69 Å². The van der Waals surface area contributed by atoms with Crippen LogP contribution in [-0.4, -0.2) is 20.2 Å². The van der Waals surface area contributed by atoms with Crippen LogP contribution in [-0.2, 0) is 0 Å². The molecule has 0 saturated heterocycles. The lowest BCUT2D eigenvalue weighted by Crippen LogP contribution is -1.87. The Hall–Kier alpha value is -2.82. The van der Waals surface area contributed by atoms with E-state index in [4.69, 9.17) is 5.73 Å². The summed E-state index contributed by atoms with van der Waals surface area (Å²) in [7, 11) is 0. The number of hydrogen-bond donors (Lipinski definition) is 3. The number of H-pyrrole nitrogens is 2. The van der Waals surface area contributed by atoms with Crippen molar-refractivity contribution in [1.29, 1.82) is 0 Å². The average Bonchev–Trinajstić information content (AvgIpc) is 3.02. The van der Waals surface area contributed by atoms with E-state index >= 15 is 0 Å². The zero-order valence-electron chi connectivity index (χ0n) is 10.0. The summed E-state index contributed by atoms with van der Waals surface area (Å²) < 4.78 is 0. The number of nitrogens with two attached hydrogens (primary N) is 1. The molecule has 5 nitrogen and oxygen atoms in total. The Balaban J connectivity index is 2.04. The monoisotopic (exact) mass is 249 g/mol. The number of aromatic amines is 2. The lowest BCUT2D eigenvalue weighted by molar-refractivity contribution is 1.11. The number of rotatable bonds is 1. The minimum atomic E-state index is 0.696. The number of hydrogen-bond acceptors (Lipinski definition) is 3. The Kier molecular flexibility index (Phi) is 1.91. The Labute approximate surface area is 108 Å². The van der Waals surface area contributed by atoms with E-state index in [0.717, 1.165) is 33.5 Å². The number of nitrogens with zero attached hydrogens (tertiary/aromatic N) is 2. The van der Waals surface area contributed by atoms with Gasteiger partial charge in [-0.3, -0.25) is 5.10 Å². The largest absolute Gasteiger partial charge is 0.398 e. The first-order valence-electron chi connectivity index (χ1n) is 6.00. The van der Waals surface area contributed by atoms with Crippen LogP contribution in [0, 0.1) is 0 Å². The molecule has 0 aliphatic heterocycles. The molecule has 19 heavy (non-hydrogen) atoms. The van der Waals surface area contributed by atoms with Crippen molar-refractivity contribution in [2.75, 3.05) is 5.73 Å². The van der Waals surface area contributed by atoms with Gasteiger partial charge in [0.1, 0.15) is 5.69 Å². The smallest absolute Gasteiger partial charge is 0.159 e. The van der Waals surface area contributed by atoms with Crippen molar-refractivity contribution >= 4 is 27.6 Å². The zero-order chi connectivity index (χ0) is 12.8. The average molecular weight is 249 g/mol. The van der Waals surface area contributed by atoms with Crippen LogP contribution < -0.4 is 5.73 Å². The van der Waals surface area contributed by atoms with E-state index < -0.39 is 0 Å². The molecule has 0 saturated carbocycles. The maximum Gasteiger partial charge on any atom is 0.159 e. The minimum Gasteiger partial charge on any atom is -0.398 e. The van der Waals surface area contributed by atoms with Crippen molar-refractivity contribution in [2.24, 2.45) is 0 Å². The second-order valence-electron chi connectivity index (χ2n) is 4.44. The normalized spacial score (nSPS) is 11.4. The first-order chi connectivity index (χ1) is 9.33. The van der Waals surface area contributed by atoms with Gasteiger partial charge >= 0.3 is 0 Å². The summed E-state index contributed by atoms with van der Waals surface area (Å²) >= 11 is 0. The molecule has 2 aromatic carbocycles. The number of fused-ring (bicyclic) bond motifs is 2. The fourth-order valence-electron chi connectivity index (χ4n) is 2.34. The maximum absolute atomic E-state index is 6.03. The van der Waals surface area contributed by atoms with Crippen molar-refractivity contribution in [3.63, 3.8) is 0 Å². The zero-order valence-corrected chi connectivity index (χ0v) is 10.0. The second-order valence-corrected chi connectivity index (χ2v) is 4.44. The van der Waals surface area contributed by atoms with Gasteiger partial charge in [0.2, 0.25) is 0 Å². The van der Waals surface area contributed by atoms with Crippen LogP contribution in [0.3, 0.4) is 0 Å². The summed E-state index contributed by atoms with van der Waals surface area (Å²) in [6.45, 7) is 0. The molecule has 2 aromatic heterocycles. The van der Waals surface area contributed by atoms with Crippen molar-refractivity contribution < 1.29 is 0 Å². The van der Waals surface area contributed by atoms with Crippen LogP contribution >= 0.6 is 0 Å². The molecule has 0 unspecified atom stereocenters. The van der Waals surface area contributed by atoms with Crippen LogP contribution in [0.5, 0.6) is 0 Å². The maximum atomic E-state index is 6.03. The molecule has 4 aromatic rings. The van der Waals surface area contributed by atoms with Gasteiger partial charge in [-0.15, -0.1) is 0 Å². The van der Waals surface area contributed by atoms with E-state index in [-0.39, 0.29) is 0 Å². The topological polar surface area (TPSA) is 83.4 Å². The Morgan fingerprint density at radius 1 is 0.947 bits per heavy atom. The molecule has 0 amide bonds. The van der Waals surface area contributed by atoms with Crippen molar-refractivity contribution in [2.45, 2.75) is 0 Å². The predicted molar refractivity (Wildman–Crippen MR) is 75.6 cm³/mol. The molecule has 0 spiro atoms. The number of aromatic nitrogens is 4. The van der Waals surface area contributed by atoms with Gasteiger partial charge in [-0.25, -0.2) is 4.98 Å². The first kappa shape index (κ1) is 10.1. The second kappa shape index (κ2) is 3.58. The molecular weight excluding hydrogens is 238 g/mol. The molecule has 92 valence electrons. The molecule has 0 aliphatic carbocycles. The minimum absolute atomic E-state index is 0.696. The predicted octanol–water partition coefficient (Wildman–Crippen LogP) is 2.69. The Bertz CT molecular complexity index is 854. The van der Waals surface area contributed by atoms with E-state index in [0.29, 0.717) is 5.69 Å². The Morgan fingerprint density at radius 3 is 2.68 bits per heavy atom. The molecule has 0 bridgehead atoms. The third-order valence-corrected chi connectivity index (χ3v) is 3.24. The SMILES string of the molecule is Nc1cccc2[nH]nc(-c3nc4ccccc4[nH]3)c12. The fraction of sp³-hybridized carbons (Fsp3) is 0. The summed E-state index contributed by atoms with van der Waals surface area (Å²) in [5.41, 5.74) is 10.3. The van der Waals surface area contributed by atoms with Gasteiger partial charge < -0.3 is 10.7 Å². The van der Waals surface area contributed by atoms with Crippen LogP contribution in [0.1, 0.15) is 0 Å². The standard InChI is InChI=1S/C14H11N5/c15-8-4-3-7-11-12(8)13(19-18-11)14-16-9-5-1-2-6-10(9)17-14/h1-7H,15H2,(H,16,17)(H,18,19). The number of para-hydroxylation sites is 2. The number of benzene rings is 2. The van der Waals surface area contributed by atoms with Crippen molar-refractivity contribution in [3.8, 4) is 11.5 Å². The highest BCUT2D eigenvalue weighted by molar-refractivity contribution is 6.00. The van der Waals surface area contributed by atoms with Crippen LogP contribution in [0.15, 0.2) is 42.5 Å². The van der Waals surface area contributed by atoms with Gasteiger partial charge in [-0.2, -0.15) is 5.10 Å². The lowest BCUT2D eigenvalue weighted by Gasteiger charge is -1.96. The van der Waals surface area contributed by atoms with Crippen LogP contribution in [0.25, 0.3) is 33.5 Å². The third-order valence-electron chi connectivity index (χ3n) is 3.24. The van der Waals surface area contributed by atoms with Gasteiger partial charge in [-0.05, 0) is 24.3 Å². The summed E-state index contributed by atoms with van der Waals surface area (Å²) in [5, 5.41) is 8.21. The molecule has 0 radical (unpaired) electrons. The van der Waals surface area contributed by atoms with Gasteiger partial charge in [0.15, 0.2) is 5.82 Å². The van der Waals surface area contributed by atoms with Crippen molar-refractivity contribution in [3.05, 3.63) is 42.5 Å². The summed E-state index contributed by atoms with van der Waals surface area (Å²) in [4.78, 5) is 7.82. The molecule has 2 heterocycles. The van der Waals surface area contributed by atoms with Gasteiger partial charge in [0.25, 0.3) is 0 Å². The van der Waals surface area contributed by atoms with E-state index in [2.05, 4.69) is 20.2 Å². The summed E-state index contributed by atoms with van der Waals surface area (Å²) in [5.74, 6) is 0.727. The highest BCUT2D eigenvalue weighted by atomic mass is 15.1. The van der Waals surface area contributed by atoms with E-state index in [1.165, 1.54) is 0 Å². The van der Waals surface area contributed by atoms with Gasteiger partial charge in [0.05, 0.1) is 21.9 Å². The molecule has 0 aliphatic rings. The van der Waals surface area contributed by atoms with Crippen LogP contribution in [0.2, 0.25) is 0 Å². The molecule has 5 heteroatoms. The van der Waals surface area contributed by atoms with Gasteiger partial charge in [-0.1, -0.05) is 18.2 Å². The highest BCUT2D eigenvalue weighted by Gasteiger charge is 2.13. The summed E-state index contributed by atoms with van der Waals surface area (Å²) in [6.07, 6.45) is 0. The Morgan fingerprint density at radius 2 is 1.79 bits per heavy atom. The lowest BCUT2D eigenvalue weighted by atomic mass is 10.1. The van der Waals surface area contributed by atoms with E-state index in [9.17, 15) is 0 Å².